The molecule has 4 heterocycles. The van der Waals surface area contributed by atoms with Crippen LogP contribution >= 0.6 is 0 Å². The lowest BCUT2D eigenvalue weighted by atomic mass is 10.0. The molecule has 9 heteroatoms. The Kier molecular flexibility index (Phi) is 4.90. The molecule has 1 atom stereocenters. The van der Waals surface area contributed by atoms with Crippen LogP contribution < -0.4 is 4.90 Å². The number of nitrogens with zero attached hydrogens (tertiary/aromatic N) is 7. The number of fused-ring (bicyclic) bond motifs is 1. The van der Waals surface area contributed by atoms with Crippen LogP contribution in [0.3, 0.4) is 0 Å². The van der Waals surface area contributed by atoms with Crippen LogP contribution in [-0.2, 0) is 6.54 Å². The van der Waals surface area contributed by atoms with Crippen molar-refractivity contribution in [3.63, 3.8) is 0 Å². The zero-order chi connectivity index (χ0) is 21.5. The number of rotatable bonds is 5. The molecule has 0 aliphatic carbocycles. The molecule has 5 rings (SSSR count). The Labute approximate surface area is 178 Å². The zero-order valence-electron chi connectivity index (χ0n) is 17.4. The molecular weight excluding hydrogens is 400 g/mol. The Morgan fingerprint density at radius 2 is 2.00 bits per heavy atom. The molecule has 0 amide bonds. The lowest BCUT2D eigenvalue weighted by molar-refractivity contribution is 0.402. The van der Waals surface area contributed by atoms with Crippen LogP contribution in [0.5, 0.6) is 0 Å². The lowest BCUT2D eigenvalue weighted by Gasteiger charge is -2.26. The van der Waals surface area contributed by atoms with Crippen molar-refractivity contribution >= 4 is 11.5 Å². The Morgan fingerprint density at radius 1 is 1.13 bits per heavy atom. The van der Waals surface area contributed by atoms with Crippen LogP contribution in [0.15, 0.2) is 49.1 Å². The summed E-state index contributed by atoms with van der Waals surface area (Å²) >= 11 is 0. The summed E-state index contributed by atoms with van der Waals surface area (Å²) in [4.78, 5) is 8.94. The molecule has 3 aromatic heterocycles. The van der Waals surface area contributed by atoms with Gasteiger partial charge in [0.15, 0.2) is 5.65 Å². The lowest BCUT2D eigenvalue weighted by Crippen LogP contribution is -2.24. The minimum absolute atomic E-state index is 0.256. The van der Waals surface area contributed by atoms with E-state index in [1.807, 2.05) is 43.7 Å². The van der Waals surface area contributed by atoms with Crippen molar-refractivity contribution in [1.29, 1.82) is 0 Å². The molecule has 7 nitrogen and oxygen atoms in total. The van der Waals surface area contributed by atoms with E-state index in [1.54, 1.807) is 15.4 Å². The topological polar surface area (TPSA) is 54.5 Å². The second kappa shape index (κ2) is 7.73. The number of hydrogen-bond acceptors (Lipinski definition) is 5. The van der Waals surface area contributed by atoms with E-state index in [2.05, 4.69) is 15.1 Å². The van der Waals surface area contributed by atoms with Gasteiger partial charge in [0.2, 0.25) is 0 Å². The average Bonchev–Trinajstić information content (AvgIpc) is 3.47. The minimum atomic E-state index is -0.433. The first-order valence-corrected chi connectivity index (χ1v) is 10.2. The smallest absolute Gasteiger partial charge is 0.183 e. The summed E-state index contributed by atoms with van der Waals surface area (Å²) in [6, 6.07) is 5.23. The molecule has 1 aromatic carbocycles. The third-order valence-corrected chi connectivity index (χ3v) is 5.58. The Hall–Kier alpha value is -3.33. The fourth-order valence-electron chi connectivity index (χ4n) is 4.24. The summed E-state index contributed by atoms with van der Waals surface area (Å²) in [5.74, 6) is -0.118. The van der Waals surface area contributed by atoms with E-state index in [-0.39, 0.29) is 6.04 Å². The van der Waals surface area contributed by atoms with E-state index in [1.165, 1.54) is 12.1 Å². The first-order chi connectivity index (χ1) is 15.0. The highest BCUT2D eigenvalue weighted by Gasteiger charge is 2.30. The summed E-state index contributed by atoms with van der Waals surface area (Å²) in [7, 11) is 4.02. The molecule has 0 N–H and O–H groups in total. The van der Waals surface area contributed by atoms with Crippen LogP contribution in [0, 0.1) is 11.6 Å². The van der Waals surface area contributed by atoms with E-state index < -0.39 is 11.6 Å². The SMILES string of the molecule is CN(C)Cc1cnn(-c2cnn3ccc(N4CCC[C@@H]4c4cc(F)ccc4F)nc23)c1. The number of aromatic nitrogens is 5. The van der Waals surface area contributed by atoms with Crippen LogP contribution in [0.1, 0.15) is 30.0 Å². The zero-order valence-corrected chi connectivity index (χ0v) is 17.4. The Bertz CT molecular complexity index is 1230. The maximum Gasteiger partial charge on any atom is 0.183 e. The number of anilines is 1. The Balaban J connectivity index is 1.51. The molecule has 0 bridgehead atoms. The van der Waals surface area contributed by atoms with Crippen LogP contribution in [-0.4, -0.2) is 49.9 Å². The summed E-state index contributed by atoms with van der Waals surface area (Å²) in [5.41, 5.74) is 2.87. The van der Waals surface area contributed by atoms with Gasteiger partial charge in [-0.15, -0.1) is 0 Å². The fourth-order valence-corrected chi connectivity index (χ4v) is 4.24. The van der Waals surface area contributed by atoms with Gasteiger partial charge in [0.1, 0.15) is 23.1 Å². The molecule has 31 heavy (non-hydrogen) atoms. The van der Waals surface area contributed by atoms with Gasteiger partial charge in [-0.3, -0.25) is 0 Å². The van der Waals surface area contributed by atoms with E-state index >= 15 is 0 Å². The molecule has 0 spiro atoms. The summed E-state index contributed by atoms with van der Waals surface area (Å²) in [6.45, 7) is 1.51. The summed E-state index contributed by atoms with van der Waals surface area (Å²) in [5, 5.41) is 8.86. The molecule has 0 saturated carbocycles. The van der Waals surface area contributed by atoms with Gasteiger partial charge in [0, 0.05) is 36.6 Å². The molecule has 1 aliphatic rings. The van der Waals surface area contributed by atoms with Crippen LogP contribution in [0.25, 0.3) is 11.3 Å². The quantitative estimate of drug-likeness (QED) is 0.491. The van der Waals surface area contributed by atoms with Gasteiger partial charge in [0.05, 0.1) is 18.4 Å². The normalized spacial score (nSPS) is 16.7. The van der Waals surface area contributed by atoms with Crippen molar-refractivity contribution in [2.24, 2.45) is 0 Å². The van der Waals surface area contributed by atoms with E-state index in [0.717, 1.165) is 43.2 Å². The largest absolute Gasteiger partial charge is 0.349 e. The van der Waals surface area contributed by atoms with Crippen LogP contribution in [0.2, 0.25) is 0 Å². The van der Waals surface area contributed by atoms with Crippen LogP contribution in [0.4, 0.5) is 14.6 Å². The van der Waals surface area contributed by atoms with Crippen molar-refractivity contribution in [1.82, 2.24) is 29.3 Å². The number of halogens is 2. The summed E-state index contributed by atoms with van der Waals surface area (Å²) < 4.78 is 31.7. The Morgan fingerprint density at radius 3 is 2.84 bits per heavy atom. The van der Waals surface area contributed by atoms with Crippen molar-refractivity contribution in [2.75, 3.05) is 25.5 Å². The van der Waals surface area contributed by atoms with Gasteiger partial charge >= 0.3 is 0 Å². The fraction of sp³-hybridized carbons (Fsp3) is 0.318. The minimum Gasteiger partial charge on any atom is -0.349 e. The molecule has 0 unspecified atom stereocenters. The highest BCUT2D eigenvalue weighted by Crippen LogP contribution is 2.37. The van der Waals surface area contributed by atoms with Gasteiger partial charge in [-0.2, -0.15) is 10.2 Å². The second-order valence-electron chi connectivity index (χ2n) is 8.13. The van der Waals surface area contributed by atoms with Gasteiger partial charge < -0.3 is 9.80 Å². The van der Waals surface area contributed by atoms with E-state index in [4.69, 9.17) is 4.98 Å². The molecule has 1 fully saturated rings. The molecule has 1 aliphatic heterocycles. The number of benzene rings is 1. The molecule has 160 valence electrons. The first kappa shape index (κ1) is 19.6. The third kappa shape index (κ3) is 3.65. The predicted octanol–water partition coefficient (Wildman–Crippen LogP) is 3.60. The average molecular weight is 423 g/mol. The van der Waals surface area contributed by atoms with Gasteiger partial charge in [-0.05, 0) is 51.2 Å². The molecule has 1 saturated heterocycles. The van der Waals surface area contributed by atoms with Gasteiger partial charge in [-0.25, -0.2) is 23.0 Å². The highest BCUT2D eigenvalue weighted by molar-refractivity contribution is 5.61. The van der Waals surface area contributed by atoms with Crippen molar-refractivity contribution in [3.05, 3.63) is 71.8 Å². The van der Waals surface area contributed by atoms with Crippen molar-refractivity contribution in [2.45, 2.75) is 25.4 Å². The molecule has 4 aromatic rings. The second-order valence-corrected chi connectivity index (χ2v) is 8.13. The van der Waals surface area contributed by atoms with E-state index in [0.29, 0.717) is 17.0 Å². The van der Waals surface area contributed by atoms with Gasteiger partial charge in [0.25, 0.3) is 0 Å². The van der Waals surface area contributed by atoms with E-state index in [9.17, 15) is 8.78 Å². The van der Waals surface area contributed by atoms with Crippen molar-refractivity contribution < 1.29 is 8.78 Å². The predicted molar refractivity (Wildman–Crippen MR) is 113 cm³/mol. The standard InChI is InChI=1S/C22H23F2N7/c1-28(2)13-15-11-25-31(14-15)20-12-26-30-9-7-21(27-22(20)30)29-8-3-4-19(29)17-10-16(23)5-6-18(17)24/h5-7,9-12,14,19H,3-4,8,13H2,1-2H3/t19-/m1/s1. The molecular formula is C22H23F2N7. The van der Waals surface area contributed by atoms with Crippen molar-refractivity contribution in [3.8, 4) is 5.69 Å². The summed E-state index contributed by atoms with van der Waals surface area (Å²) in [6.07, 6.45) is 8.98. The number of hydrogen-bond donors (Lipinski definition) is 0. The third-order valence-electron chi connectivity index (χ3n) is 5.58. The highest BCUT2D eigenvalue weighted by atomic mass is 19.1. The maximum atomic E-state index is 14.4. The molecule has 0 radical (unpaired) electrons. The van der Waals surface area contributed by atoms with Gasteiger partial charge in [-0.1, -0.05) is 0 Å². The first-order valence-electron chi connectivity index (χ1n) is 10.2. The monoisotopic (exact) mass is 423 g/mol. The maximum absolute atomic E-state index is 14.4.